The van der Waals surface area contributed by atoms with E-state index < -0.39 is 34.9 Å². The molecule has 0 atom stereocenters. The second kappa shape index (κ2) is 6.10. The van der Waals surface area contributed by atoms with Crippen LogP contribution in [-0.4, -0.2) is 37.6 Å². The molecular weight excluding hydrogens is 296 g/mol. The molecule has 0 bridgehead atoms. The van der Waals surface area contributed by atoms with Crippen LogP contribution in [0.25, 0.3) is 0 Å². The van der Waals surface area contributed by atoms with Gasteiger partial charge in [-0.1, -0.05) is 6.07 Å². The molecule has 6 N–H and O–H groups in total. The third kappa shape index (κ3) is 3.70. The second-order valence-corrected chi connectivity index (χ2v) is 6.51. The summed E-state index contributed by atoms with van der Waals surface area (Å²) in [6.45, 7) is 1.85. The third-order valence-electron chi connectivity index (χ3n) is 2.91. The molecule has 9 heteroatoms. The number of sulfonamides is 1. The Morgan fingerprint density at radius 3 is 2.00 bits per heavy atom. The van der Waals surface area contributed by atoms with Gasteiger partial charge in [-0.3, -0.25) is 9.59 Å². The van der Waals surface area contributed by atoms with Crippen molar-refractivity contribution in [3.05, 3.63) is 23.3 Å². The van der Waals surface area contributed by atoms with Crippen LogP contribution in [-0.2, 0) is 19.6 Å². The smallest absolute Gasteiger partial charge is 0.244 e. The van der Waals surface area contributed by atoms with Crippen LogP contribution < -0.4 is 17.2 Å². The minimum atomic E-state index is -4.12. The number of nitrogens with two attached hydrogens (primary N) is 3. The fourth-order valence-electron chi connectivity index (χ4n) is 1.94. The maximum absolute atomic E-state index is 12.7. The molecule has 0 fully saturated rings. The van der Waals surface area contributed by atoms with Gasteiger partial charge in [0.2, 0.25) is 21.8 Å². The number of carbonyl (C=O) groups excluding carboxylic acids is 2. The molecule has 0 aliphatic rings. The highest BCUT2D eigenvalue weighted by atomic mass is 32.2. The van der Waals surface area contributed by atoms with E-state index in [1.54, 1.807) is 26.0 Å². The summed E-state index contributed by atoms with van der Waals surface area (Å²) in [5.41, 5.74) is 16.9. The average Bonchev–Trinajstić information content (AvgIpc) is 2.32. The SMILES string of the molecule is Cc1ccc(N)c(C)c1S(=O)(=O)N(CC(N)=O)CC(N)=O. The first kappa shape index (κ1) is 16.9. The van der Waals surface area contributed by atoms with E-state index in [2.05, 4.69) is 0 Å². The van der Waals surface area contributed by atoms with E-state index in [4.69, 9.17) is 17.2 Å². The predicted octanol–water partition coefficient (Wildman–Crippen LogP) is -1.15. The standard InChI is InChI=1S/C12H18N4O4S/c1-7-3-4-9(13)8(2)12(7)21(19,20)16(5-10(14)17)6-11(15)18/h3-4H,5-6,13H2,1-2H3,(H2,14,17)(H2,15,18). The van der Waals surface area contributed by atoms with Gasteiger partial charge in [-0.25, -0.2) is 8.42 Å². The van der Waals surface area contributed by atoms with E-state index in [1.165, 1.54) is 0 Å². The van der Waals surface area contributed by atoms with Crippen molar-refractivity contribution >= 4 is 27.5 Å². The first-order chi connectivity index (χ1) is 9.57. The van der Waals surface area contributed by atoms with E-state index >= 15 is 0 Å². The number of amides is 2. The number of carbonyl (C=O) groups is 2. The highest BCUT2D eigenvalue weighted by Crippen LogP contribution is 2.27. The summed E-state index contributed by atoms with van der Waals surface area (Å²) < 4.78 is 25.9. The summed E-state index contributed by atoms with van der Waals surface area (Å²) in [4.78, 5) is 22.0. The Balaban J connectivity index is 3.45. The molecule has 0 aliphatic carbocycles. The fraction of sp³-hybridized carbons (Fsp3) is 0.333. The van der Waals surface area contributed by atoms with Gasteiger partial charge >= 0.3 is 0 Å². The lowest BCUT2D eigenvalue weighted by molar-refractivity contribution is -0.120. The molecule has 1 aromatic rings. The molecule has 116 valence electrons. The van der Waals surface area contributed by atoms with Crippen molar-refractivity contribution in [2.75, 3.05) is 18.8 Å². The van der Waals surface area contributed by atoms with Gasteiger partial charge in [0.15, 0.2) is 0 Å². The van der Waals surface area contributed by atoms with Crippen LogP contribution in [0.3, 0.4) is 0 Å². The Labute approximate surface area is 122 Å². The van der Waals surface area contributed by atoms with Gasteiger partial charge < -0.3 is 17.2 Å². The number of nitrogens with zero attached hydrogens (tertiary/aromatic N) is 1. The monoisotopic (exact) mass is 314 g/mol. The first-order valence-corrected chi connectivity index (χ1v) is 7.43. The Bertz CT molecular complexity index is 669. The zero-order valence-corrected chi connectivity index (χ0v) is 12.6. The van der Waals surface area contributed by atoms with E-state index in [9.17, 15) is 18.0 Å². The lowest BCUT2D eigenvalue weighted by atomic mass is 10.1. The van der Waals surface area contributed by atoms with Gasteiger partial charge in [0, 0.05) is 5.69 Å². The van der Waals surface area contributed by atoms with Crippen molar-refractivity contribution in [2.24, 2.45) is 11.5 Å². The largest absolute Gasteiger partial charge is 0.398 e. The molecule has 0 unspecified atom stereocenters. The number of aryl methyl sites for hydroxylation is 1. The predicted molar refractivity (Wildman–Crippen MR) is 77.5 cm³/mol. The number of hydrogen-bond donors (Lipinski definition) is 3. The number of primary amides is 2. The van der Waals surface area contributed by atoms with E-state index in [-0.39, 0.29) is 10.6 Å². The number of benzene rings is 1. The molecule has 0 aliphatic heterocycles. The summed E-state index contributed by atoms with van der Waals surface area (Å²) in [5.74, 6) is -1.78. The maximum atomic E-state index is 12.7. The van der Waals surface area contributed by atoms with Crippen LogP contribution in [0.2, 0.25) is 0 Å². The van der Waals surface area contributed by atoms with Gasteiger partial charge in [0.1, 0.15) is 0 Å². The van der Waals surface area contributed by atoms with Crippen LogP contribution in [0, 0.1) is 13.8 Å². The van der Waals surface area contributed by atoms with Gasteiger partial charge in [-0.2, -0.15) is 4.31 Å². The molecule has 21 heavy (non-hydrogen) atoms. The summed E-state index contributed by atoms with van der Waals surface area (Å²) in [6, 6.07) is 3.12. The Morgan fingerprint density at radius 1 is 1.10 bits per heavy atom. The van der Waals surface area contributed by atoms with Crippen molar-refractivity contribution < 1.29 is 18.0 Å². The van der Waals surface area contributed by atoms with Crippen molar-refractivity contribution in [2.45, 2.75) is 18.7 Å². The molecule has 2 amide bonds. The number of nitrogen functional groups attached to an aromatic ring is 1. The molecule has 1 aromatic carbocycles. The van der Waals surface area contributed by atoms with Crippen LogP contribution in [0.4, 0.5) is 5.69 Å². The van der Waals surface area contributed by atoms with Gasteiger partial charge in [-0.15, -0.1) is 0 Å². The zero-order chi connectivity index (χ0) is 16.4. The third-order valence-corrected chi connectivity index (χ3v) is 4.99. The summed E-state index contributed by atoms with van der Waals surface area (Å²) in [7, 11) is -4.12. The molecule has 0 aromatic heterocycles. The van der Waals surface area contributed by atoms with Crippen molar-refractivity contribution in [1.82, 2.24) is 4.31 Å². The minimum Gasteiger partial charge on any atom is -0.398 e. The van der Waals surface area contributed by atoms with E-state index in [0.29, 0.717) is 15.4 Å². The lowest BCUT2D eigenvalue weighted by Crippen LogP contribution is -2.43. The maximum Gasteiger partial charge on any atom is 0.244 e. The minimum absolute atomic E-state index is 0.0509. The summed E-state index contributed by atoms with van der Waals surface area (Å²) in [6.07, 6.45) is 0. The summed E-state index contributed by atoms with van der Waals surface area (Å²) >= 11 is 0. The van der Waals surface area contributed by atoms with E-state index in [0.717, 1.165) is 0 Å². The summed E-state index contributed by atoms with van der Waals surface area (Å²) in [5, 5.41) is 0. The van der Waals surface area contributed by atoms with Crippen molar-refractivity contribution in [3.8, 4) is 0 Å². The molecule has 0 saturated carbocycles. The molecule has 0 spiro atoms. The van der Waals surface area contributed by atoms with Gasteiger partial charge in [0.05, 0.1) is 18.0 Å². The van der Waals surface area contributed by atoms with Crippen molar-refractivity contribution in [3.63, 3.8) is 0 Å². The highest BCUT2D eigenvalue weighted by Gasteiger charge is 2.30. The van der Waals surface area contributed by atoms with Crippen LogP contribution >= 0.6 is 0 Å². The molecule has 0 radical (unpaired) electrons. The fourth-order valence-corrected chi connectivity index (χ4v) is 3.77. The van der Waals surface area contributed by atoms with Crippen LogP contribution in [0.15, 0.2) is 17.0 Å². The normalized spacial score (nSPS) is 11.6. The van der Waals surface area contributed by atoms with Gasteiger partial charge in [-0.05, 0) is 31.0 Å². The molecule has 8 nitrogen and oxygen atoms in total. The lowest BCUT2D eigenvalue weighted by Gasteiger charge is -2.22. The number of hydrogen-bond acceptors (Lipinski definition) is 5. The number of anilines is 1. The molecular formula is C12H18N4O4S. The van der Waals surface area contributed by atoms with Crippen LogP contribution in [0.1, 0.15) is 11.1 Å². The topological polar surface area (TPSA) is 150 Å². The Morgan fingerprint density at radius 2 is 1.57 bits per heavy atom. The van der Waals surface area contributed by atoms with Crippen LogP contribution in [0.5, 0.6) is 0 Å². The quantitative estimate of drug-likeness (QED) is 0.566. The average molecular weight is 314 g/mol. The first-order valence-electron chi connectivity index (χ1n) is 5.99. The van der Waals surface area contributed by atoms with Crippen molar-refractivity contribution in [1.29, 1.82) is 0 Å². The highest BCUT2D eigenvalue weighted by molar-refractivity contribution is 7.89. The Kier molecular flexibility index (Phi) is 4.92. The molecule has 0 saturated heterocycles. The molecule has 1 rings (SSSR count). The second-order valence-electron chi connectivity index (χ2n) is 4.63. The molecule has 0 heterocycles. The van der Waals surface area contributed by atoms with E-state index in [1.807, 2.05) is 0 Å². The Hall–Kier alpha value is -2.13. The number of rotatable bonds is 6. The van der Waals surface area contributed by atoms with Gasteiger partial charge in [0.25, 0.3) is 0 Å². The zero-order valence-electron chi connectivity index (χ0n) is 11.8.